The first-order valence-electron chi connectivity index (χ1n) is 9.30. The van der Waals surface area contributed by atoms with Gasteiger partial charge in [0.15, 0.2) is 0 Å². The van der Waals surface area contributed by atoms with Crippen LogP contribution in [0.15, 0.2) is 72.8 Å². The summed E-state index contributed by atoms with van der Waals surface area (Å²) in [6, 6.07) is 25.1. The molecule has 1 unspecified atom stereocenters. The molecule has 0 bridgehead atoms. The third-order valence-electron chi connectivity index (χ3n) is 5.45. The van der Waals surface area contributed by atoms with E-state index in [9.17, 15) is 4.79 Å². The molecule has 1 saturated heterocycles. The quantitative estimate of drug-likeness (QED) is 0.705. The van der Waals surface area contributed by atoms with E-state index in [4.69, 9.17) is 0 Å². The molecule has 0 saturated carbocycles. The van der Waals surface area contributed by atoms with E-state index < -0.39 is 0 Å². The van der Waals surface area contributed by atoms with Gasteiger partial charge in [0.1, 0.15) is 0 Å². The third kappa shape index (κ3) is 3.23. The van der Waals surface area contributed by atoms with Crippen molar-refractivity contribution in [3.63, 3.8) is 0 Å². The Morgan fingerprint density at radius 2 is 1.46 bits per heavy atom. The molecule has 0 N–H and O–H groups in total. The molecule has 26 heavy (non-hydrogen) atoms. The van der Waals surface area contributed by atoms with E-state index in [1.165, 1.54) is 5.56 Å². The van der Waals surface area contributed by atoms with Crippen LogP contribution in [0.25, 0.3) is 10.8 Å². The molecule has 0 aromatic heterocycles. The van der Waals surface area contributed by atoms with Crippen LogP contribution in [-0.2, 0) is 0 Å². The van der Waals surface area contributed by atoms with Gasteiger partial charge < -0.3 is 4.90 Å². The number of fused-ring (bicyclic) bond motifs is 1. The van der Waals surface area contributed by atoms with Crippen LogP contribution in [0.5, 0.6) is 0 Å². The molecule has 3 aromatic rings. The van der Waals surface area contributed by atoms with Gasteiger partial charge in [0.2, 0.25) is 0 Å². The molecule has 0 aliphatic carbocycles. The highest BCUT2D eigenvalue weighted by molar-refractivity contribution is 6.07. The Kier molecular flexibility index (Phi) is 4.72. The SMILES string of the molecule is CC(c1ccccc1)N1CCN(C(=O)c2cccc3ccccc23)CC1. The molecule has 0 spiro atoms. The summed E-state index contributed by atoms with van der Waals surface area (Å²) in [4.78, 5) is 17.5. The second kappa shape index (κ2) is 7.30. The topological polar surface area (TPSA) is 23.6 Å². The standard InChI is InChI=1S/C23H24N2O/c1-18(19-8-3-2-4-9-19)24-14-16-25(17-15-24)23(26)22-13-7-11-20-10-5-6-12-21(20)22/h2-13,18H,14-17H2,1H3. The van der Waals surface area contributed by atoms with Crippen LogP contribution in [0, 0.1) is 0 Å². The van der Waals surface area contributed by atoms with Gasteiger partial charge in [-0.3, -0.25) is 9.69 Å². The van der Waals surface area contributed by atoms with E-state index in [0.29, 0.717) is 6.04 Å². The molecule has 3 heteroatoms. The Balaban J connectivity index is 1.47. The molecule has 3 nitrogen and oxygen atoms in total. The van der Waals surface area contributed by atoms with Gasteiger partial charge in [0, 0.05) is 37.8 Å². The Morgan fingerprint density at radius 1 is 0.808 bits per heavy atom. The summed E-state index contributed by atoms with van der Waals surface area (Å²) >= 11 is 0. The lowest BCUT2D eigenvalue weighted by atomic mass is 10.0. The summed E-state index contributed by atoms with van der Waals surface area (Å²) in [6.45, 7) is 5.62. The molecule has 4 rings (SSSR count). The van der Waals surface area contributed by atoms with Gasteiger partial charge in [-0.05, 0) is 29.3 Å². The van der Waals surface area contributed by atoms with Crippen molar-refractivity contribution in [2.75, 3.05) is 26.2 Å². The van der Waals surface area contributed by atoms with Crippen LogP contribution in [0.1, 0.15) is 28.9 Å². The number of benzene rings is 3. The van der Waals surface area contributed by atoms with Crippen LogP contribution in [0.3, 0.4) is 0 Å². The lowest BCUT2D eigenvalue weighted by molar-refractivity contribution is 0.0584. The van der Waals surface area contributed by atoms with Gasteiger partial charge in [0.25, 0.3) is 5.91 Å². The number of amides is 1. The van der Waals surface area contributed by atoms with Gasteiger partial charge in [-0.1, -0.05) is 66.7 Å². The Morgan fingerprint density at radius 3 is 2.23 bits per heavy atom. The van der Waals surface area contributed by atoms with Crippen molar-refractivity contribution in [2.45, 2.75) is 13.0 Å². The minimum atomic E-state index is 0.147. The van der Waals surface area contributed by atoms with Crippen molar-refractivity contribution in [3.05, 3.63) is 83.9 Å². The molecule has 0 radical (unpaired) electrons. The number of piperazine rings is 1. The molecule has 1 heterocycles. The zero-order chi connectivity index (χ0) is 17.9. The Bertz CT molecular complexity index is 893. The van der Waals surface area contributed by atoms with E-state index in [1.807, 2.05) is 35.2 Å². The fourth-order valence-electron chi connectivity index (χ4n) is 3.84. The van der Waals surface area contributed by atoms with Crippen molar-refractivity contribution < 1.29 is 4.79 Å². The van der Waals surface area contributed by atoms with E-state index in [0.717, 1.165) is 42.5 Å². The minimum Gasteiger partial charge on any atom is -0.336 e. The highest BCUT2D eigenvalue weighted by Gasteiger charge is 2.26. The molecule has 132 valence electrons. The lowest BCUT2D eigenvalue weighted by Crippen LogP contribution is -2.49. The fourth-order valence-corrected chi connectivity index (χ4v) is 3.84. The maximum atomic E-state index is 13.1. The maximum absolute atomic E-state index is 13.1. The van der Waals surface area contributed by atoms with Crippen molar-refractivity contribution in [2.24, 2.45) is 0 Å². The fraction of sp³-hybridized carbons (Fsp3) is 0.261. The molecular formula is C23H24N2O. The average molecular weight is 344 g/mol. The monoisotopic (exact) mass is 344 g/mol. The summed E-state index contributed by atoms with van der Waals surface area (Å²) in [5, 5.41) is 2.16. The van der Waals surface area contributed by atoms with Gasteiger partial charge in [0.05, 0.1) is 0 Å². The smallest absolute Gasteiger partial charge is 0.254 e. The van der Waals surface area contributed by atoms with Crippen molar-refractivity contribution in [3.8, 4) is 0 Å². The van der Waals surface area contributed by atoms with Crippen LogP contribution < -0.4 is 0 Å². The summed E-state index contributed by atoms with van der Waals surface area (Å²) in [5.74, 6) is 0.147. The second-order valence-corrected chi connectivity index (χ2v) is 6.94. The van der Waals surface area contributed by atoms with Crippen molar-refractivity contribution in [1.82, 2.24) is 9.80 Å². The predicted octanol–water partition coefficient (Wildman–Crippen LogP) is 4.36. The normalized spacial score (nSPS) is 16.6. The highest BCUT2D eigenvalue weighted by atomic mass is 16.2. The molecule has 1 aliphatic heterocycles. The molecule has 3 aromatic carbocycles. The van der Waals surface area contributed by atoms with Crippen LogP contribution in [0.4, 0.5) is 0 Å². The number of rotatable bonds is 3. The van der Waals surface area contributed by atoms with E-state index in [1.54, 1.807) is 0 Å². The Labute approximate surface area is 154 Å². The van der Waals surface area contributed by atoms with E-state index in [-0.39, 0.29) is 5.91 Å². The second-order valence-electron chi connectivity index (χ2n) is 6.94. The van der Waals surface area contributed by atoms with Gasteiger partial charge in [-0.15, -0.1) is 0 Å². The molecule has 1 aliphatic rings. The Hall–Kier alpha value is -2.65. The molecule has 1 amide bonds. The minimum absolute atomic E-state index is 0.147. The van der Waals surface area contributed by atoms with Gasteiger partial charge >= 0.3 is 0 Å². The largest absolute Gasteiger partial charge is 0.336 e. The first-order chi connectivity index (χ1) is 12.7. The number of hydrogen-bond donors (Lipinski definition) is 0. The number of nitrogens with zero attached hydrogens (tertiary/aromatic N) is 2. The molecular weight excluding hydrogens is 320 g/mol. The summed E-state index contributed by atoms with van der Waals surface area (Å²) < 4.78 is 0. The van der Waals surface area contributed by atoms with Gasteiger partial charge in [-0.2, -0.15) is 0 Å². The van der Waals surface area contributed by atoms with E-state index in [2.05, 4.69) is 54.3 Å². The first-order valence-corrected chi connectivity index (χ1v) is 9.30. The van der Waals surface area contributed by atoms with Crippen molar-refractivity contribution in [1.29, 1.82) is 0 Å². The number of carbonyl (C=O) groups excluding carboxylic acids is 1. The number of carbonyl (C=O) groups is 1. The highest BCUT2D eigenvalue weighted by Crippen LogP contribution is 2.24. The molecule has 1 fully saturated rings. The van der Waals surface area contributed by atoms with Crippen molar-refractivity contribution >= 4 is 16.7 Å². The predicted molar refractivity (Wildman–Crippen MR) is 106 cm³/mol. The third-order valence-corrected chi connectivity index (χ3v) is 5.45. The van der Waals surface area contributed by atoms with E-state index >= 15 is 0 Å². The maximum Gasteiger partial charge on any atom is 0.254 e. The van der Waals surface area contributed by atoms with Crippen LogP contribution in [-0.4, -0.2) is 41.9 Å². The average Bonchev–Trinajstić information content (AvgIpc) is 2.73. The molecule has 1 atom stereocenters. The lowest BCUT2D eigenvalue weighted by Gasteiger charge is -2.38. The zero-order valence-corrected chi connectivity index (χ0v) is 15.1. The zero-order valence-electron chi connectivity index (χ0n) is 15.1. The summed E-state index contributed by atoms with van der Waals surface area (Å²) in [7, 11) is 0. The van der Waals surface area contributed by atoms with Crippen LogP contribution in [0.2, 0.25) is 0 Å². The first kappa shape index (κ1) is 16.8. The van der Waals surface area contributed by atoms with Crippen LogP contribution >= 0.6 is 0 Å². The van der Waals surface area contributed by atoms with Gasteiger partial charge in [-0.25, -0.2) is 0 Å². The number of hydrogen-bond acceptors (Lipinski definition) is 2. The summed E-state index contributed by atoms with van der Waals surface area (Å²) in [6.07, 6.45) is 0. The summed E-state index contributed by atoms with van der Waals surface area (Å²) in [5.41, 5.74) is 2.15.